The van der Waals surface area contributed by atoms with Gasteiger partial charge < -0.3 is 0 Å². The van der Waals surface area contributed by atoms with E-state index in [2.05, 4.69) is 32.9 Å². The van der Waals surface area contributed by atoms with Crippen LogP contribution in [0, 0.1) is 20.8 Å². The number of hydrogen-bond donors (Lipinski definition) is 0. The summed E-state index contributed by atoms with van der Waals surface area (Å²) in [5.41, 5.74) is 6.41. The highest BCUT2D eigenvalue weighted by atomic mass is 35.5. The van der Waals surface area contributed by atoms with Crippen LogP contribution in [0.2, 0.25) is 5.02 Å². The van der Waals surface area contributed by atoms with E-state index in [0.29, 0.717) is 0 Å². The van der Waals surface area contributed by atoms with Crippen molar-refractivity contribution in [1.29, 1.82) is 0 Å². The SMILES string of the molecule is Cc1cc(C)c2cc(Cl)cc-2c(C)c1. The fourth-order valence-electron chi connectivity index (χ4n) is 2.01. The number of rotatable bonds is 0. The van der Waals surface area contributed by atoms with Gasteiger partial charge in [0.05, 0.1) is 0 Å². The van der Waals surface area contributed by atoms with E-state index >= 15 is 0 Å². The van der Waals surface area contributed by atoms with Gasteiger partial charge in [-0.2, -0.15) is 0 Å². The Kier molecular flexibility index (Phi) is 2.24. The normalized spacial score (nSPS) is 10.9. The average Bonchev–Trinajstić information content (AvgIpc) is 2.42. The van der Waals surface area contributed by atoms with Crippen molar-refractivity contribution in [2.75, 3.05) is 0 Å². The van der Waals surface area contributed by atoms with Crippen molar-refractivity contribution in [3.63, 3.8) is 0 Å². The predicted octanol–water partition coefficient (Wildman–Crippen LogP) is 4.37. The molecule has 2 aliphatic carbocycles. The van der Waals surface area contributed by atoms with Crippen molar-refractivity contribution >= 4 is 11.6 Å². The van der Waals surface area contributed by atoms with Gasteiger partial charge in [-0.05, 0) is 55.2 Å². The van der Waals surface area contributed by atoms with Gasteiger partial charge in [0.1, 0.15) is 0 Å². The van der Waals surface area contributed by atoms with Crippen molar-refractivity contribution in [3.05, 3.63) is 46.0 Å². The molecule has 0 aromatic carbocycles. The maximum atomic E-state index is 6.01. The van der Waals surface area contributed by atoms with Crippen LogP contribution < -0.4 is 0 Å². The predicted molar refractivity (Wildman–Crippen MR) is 62.3 cm³/mol. The lowest BCUT2D eigenvalue weighted by Crippen LogP contribution is -1.75. The molecule has 0 heterocycles. The van der Waals surface area contributed by atoms with Crippen molar-refractivity contribution in [2.45, 2.75) is 20.8 Å². The number of fused-ring (bicyclic) bond motifs is 1. The Hall–Kier alpha value is -1.01. The summed E-state index contributed by atoms with van der Waals surface area (Å²) < 4.78 is 0. The zero-order valence-corrected chi connectivity index (χ0v) is 9.44. The maximum absolute atomic E-state index is 6.01. The molecule has 0 aliphatic heterocycles. The molecule has 0 saturated heterocycles. The molecule has 0 bridgehead atoms. The Balaban J connectivity index is 2.86. The number of aryl methyl sites for hydroxylation is 3. The van der Waals surface area contributed by atoms with Crippen LogP contribution in [0.15, 0.2) is 24.3 Å². The molecule has 0 nitrogen and oxygen atoms in total. The summed E-state index contributed by atoms with van der Waals surface area (Å²) in [5, 5.41) is 0.829. The van der Waals surface area contributed by atoms with Crippen LogP contribution in [-0.2, 0) is 0 Å². The van der Waals surface area contributed by atoms with Gasteiger partial charge in [0.25, 0.3) is 0 Å². The molecule has 0 spiro atoms. The highest BCUT2D eigenvalue weighted by molar-refractivity contribution is 6.31. The Labute approximate surface area is 89.9 Å². The topological polar surface area (TPSA) is 0 Å². The molecule has 0 N–H and O–H groups in total. The molecule has 0 amide bonds. The summed E-state index contributed by atoms with van der Waals surface area (Å²) in [4.78, 5) is 0. The maximum Gasteiger partial charge on any atom is 0.0418 e. The molecule has 0 atom stereocenters. The van der Waals surface area contributed by atoms with Gasteiger partial charge in [-0.15, -0.1) is 0 Å². The Morgan fingerprint density at radius 3 is 1.64 bits per heavy atom. The molecule has 0 fully saturated rings. The molecule has 0 radical (unpaired) electrons. The lowest BCUT2D eigenvalue weighted by molar-refractivity contribution is 1.42. The monoisotopic (exact) mass is 204 g/mol. The van der Waals surface area contributed by atoms with Crippen LogP contribution in [0.1, 0.15) is 16.7 Å². The summed E-state index contributed by atoms with van der Waals surface area (Å²) >= 11 is 6.01. The van der Waals surface area contributed by atoms with Gasteiger partial charge >= 0.3 is 0 Å². The highest BCUT2D eigenvalue weighted by Crippen LogP contribution is 2.33. The molecule has 0 saturated carbocycles. The first-order chi connectivity index (χ1) is 6.58. The minimum Gasteiger partial charge on any atom is -0.0843 e. The first-order valence-corrected chi connectivity index (χ1v) is 5.13. The van der Waals surface area contributed by atoms with Crippen molar-refractivity contribution in [1.82, 2.24) is 0 Å². The van der Waals surface area contributed by atoms with Crippen LogP contribution in [0.5, 0.6) is 0 Å². The van der Waals surface area contributed by atoms with E-state index < -0.39 is 0 Å². The molecular weight excluding hydrogens is 192 g/mol. The first kappa shape index (κ1) is 9.54. The standard InChI is InChI=1S/C13H13Cl/c1-8-4-9(2)12-6-11(14)7-13(12)10(3)5-8/h4-7H,1-3H3. The van der Waals surface area contributed by atoms with E-state index in [-0.39, 0.29) is 0 Å². The lowest BCUT2D eigenvalue weighted by atomic mass is 10.1. The van der Waals surface area contributed by atoms with E-state index in [1.807, 2.05) is 12.1 Å². The second-order valence-electron chi connectivity index (χ2n) is 3.90. The van der Waals surface area contributed by atoms with E-state index in [0.717, 1.165) is 5.02 Å². The number of hydrogen-bond acceptors (Lipinski definition) is 0. The summed E-state index contributed by atoms with van der Waals surface area (Å²) in [6, 6.07) is 8.48. The van der Waals surface area contributed by atoms with Gasteiger partial charge in [0.15, 0.2) is 0 Å². The second kappa shape index (κ2) is 3.29. The molecule has 2 aliphatic rings. The molecule has 1 heteroatoms. The third-order valence-corrected chi connectivity index (χ3v) is 2.81. The summed E-state index contributed by atoms with van der Waals surface area (Å²) in [6.45, 7) is 6.39. The van der Waals surface area contributed by atoms with Gasteiger partial charge in [-0.25, -0.2) is 0 Å². The first-order valence-electron chi connectivity index (χ1n) is 4.75. The Morgan fingerprint density at radius 2 is 1.21 bits per heavy atom. The fraction of sp³-hybridized carbons (Fsp3) is 0.231. The molecule has 2 rings (SSSR count). The quantitative estimate of drug-likeness (QED) is 0.598. The second-order valence-corrected chi connectivity index (χ2v) is 4.34. The molecule has 14 heavy (non-hydrogen) atoms. The van der Waals surface area contributed by atoms with Gasteiger partial charge in [0, 0.05) is 5.02 Å². The summed E-state index contributed by atoms with van der Waals surface area (Å²) in [5.74, 6) is 0. The molecular formula is C13H13Cl. The van der Waals surface area contributed by atoms with Crippen LogP contribution in [0.25, 0.3) is 11.1 Å². The molecule has 72 valence electrons. The number of halogens is 1. The van der Waals surface area contributed by atoms with Gasteiger partial charge in [-0.3, -0.25) is 0 Å². The Morgan fingerprint density at radius 1 is 0.786 bits per heavy atom. The van der Waals surface area contributed by atoms with Crippen molar-refractivity contribution < 1.29 is 0 Å². The third kappa shape index (κ3) is 1.51. The zero-order valence-electron chi connectivity index (χ0n) is 8.69. The van der Waals surface area contributed by atoms with Gasteiger partial charge in [0.2, 0.25) is 0 Å². The minimum atomic E-state index is 0.829. The van der Waals surface area contributed by atoms with E-state index in [1.54, 1.807) is 0 Å². The van der Waals surface area contributed by atoms with Crippen LogP contribution in [0.3, 0.4) is 0 Å². The highest BCUT2D eigenvalue weighted by Gasteiger charge is 2.09. The molecule has 0 unspecified atom stereocenters. The largest absolute Gasteiger partial charge is 0.0843 e. The van der Waals surface area contributed by atoms with Gasteiger partial charge in [-0.1, -0.05) is 29.3 Å². The Bertz CT molecular complexity index is 418. The molecule has 0 aromatic rings. The van der Waals surface area contributed by atoms with Crippen molar-refractivity contribution in [3.8, 4) is 11.1 Å². The summed E-state index contributed by atoms with van der Waals surface area (Å²) in [6.07, 6.45) is 0. The van der Waals surface area contributed by atoms with Crippen LogP contribution in [-0.4, -0.2) is 0 Å². The minimum absolute atomic E-state index is 0.829. The van der Waals surface area contributed by atoms with E-state index in [4.69, 9.17) is 11.6 Å². The lowest BCUT2D eigenvalue weighted by Gasteiger charge is -1.98. The molecule has 0 aromatic heterocycles. The summed E-state index contributed by atoms with van der Waals surface area (Å²) in [7, 11) is 0. The van der Waals surface area contributed by atoms with E-state index in [9.17, 15) is 0 Å². The average molecular weight is 205 g/mol. The third-order valence-electron chi connectivity index (χ3n) is 2.59. The van der Waals surface area contributed by atoms with Crippen molar-refractivity contribution in [2.24, 2.45) is 0 Å². The smallest absolute Gasteiger partial charge is 0.0418 e. The fourth-order valence-corrected chi connectivity index (χ4v) is 2.22. The van der Waals surface area contributed by atoms with Crippen LogP contribution >= 0.6 is 11.6 Å². The van der Waals surface area contributed by atoms with Crippen LogP contribution in [0.4, 0.5) is 0 Å². The zero-order chi connectivity index (χ0) is 10.3. The van der Waals surface area contributed by atoms with E-state index in [1.165, 1.54) is 27.8 Å².